The van der Waals surface area contributed by atoms with Crippen molar-refractivity contribution >= 4 is 21.1 Å². The first-order valence-electron chi connectivity index (χ1n) is 3.16. The molecule has 0 saturated heterocycles. The molecule has 64 valence electrons. The number of hydrogen-bond donors (Lipinski definition) is 0. The van der Waals surface area contributed by atoms with Crippen molar-refractivity contribution in [1.82, 2.24) is 0 Å². The second-order valence-electron chi connectivity index (χ2n) is 1.90. The standard InChI is InChI=1S/C6H10O4S/c1-3-4-5(11(8)9)6(7)10-2/h3-4H2,1-2H3. The number of esters is 1. The highest BCUT2D eigenvalue weighted by molar-refractivity contribution is 7.74. The van der Waals surface area contributed by atoms with Crippen LogP contribution in [0.4, 0.5) is 0 Å². The van der Waals surface area contributed by atoms with Crippen molar-refractivity contribution in [2.24, 2.45) is 0 Å². The summed E-state index contributed by atoms with van der Waals surface area (Å²) in [5, 5.41) is 0. The molecule has 0 radical (unpaired) electrons. The molecule has 0 amide bonds. The van der Waals surface area contributed by atoms with E-state index in [1.165, 1.54) is 0 Å². The Morgan fingerprint density at radius 1 is 1.45 bits per heavy atom. The van der Waals surface area contributed by atoms with Crippen LogP contribution in [-0.2, 0) is 19.8 Å². The lowest BCUT2D eigenvalue weighted by atomic mass is 10.2. The van der Waals surface area contributed by atoms with Crippen LogP contribution in [0, 0.1) is 0 Å². The molecule has 0 fully saturated rings. The zero-order valence-electron chi connectivity index (χ0n) is 6.46. The maximum absolute atomic E-state index is 10.7. The van der Waals surface area contributed by atoms with E-state index in [0.717, 1.165) is 7.11 Å². The molecule has 0 aromatic rings. The van der Waals surface area contributed by atoms with E-state index in [0.29, 0.717) is 6.42 Å². The fourth-order valence-electron chi connectivity index (χ4n) is 0.594. The predicted octanol–water partition coefficient (Wildman–Crippen LogP) is 0.0110. The molecular weight excluding hydrogens is 168 g/mol. The van der Waals surface area contributed by atoms with Crippen LogP contribution in [0.25, 0.3) is 0 Å². The summed E-state index contributed by atoms with van der Waals surface area (Å²) in [6.07, 6.45) is 0.848. The number of methoxy groups -OCH3 is 1. The fraction of sp³-hybridized carbons (Fsp3) is 0.667. The largest absolute Gasteiger partial charge is 0.465 e. The van der Waals surface area contributed by atoms with Crippen molar-refractivity contribution in [2.75, 3.05) is 7.11 Å². The van der Waals surface area contributed by atoms with E-state index in [4.69, 9.17) is 0 Å². The SMILES string of the molecule is CCCC(C(=O)OC)=S(=O)=O. The molecule has 0 saturated carbocycles. The van der Waals surface area contributed by atoms with Gasteiger partial charge in [-0.3, -0.25) is 0 Å². The number of rotatable bonds is 3. The highest BCUT2D eigenvalue weighted by atomic mass is 32.2. The van der Waals surface area contributed by atoms with E-state index in [1.54, 1.807) is 6.92 Å². The van der Waals surface area contributed by atoms with Gasteiger partial charge < -0.3 is 4.74 Å². The van der Waals surface area contributed by atoms with E-state index in [2.05, 4.69) is 4.74 Å². The molecule has 0 unspecified atom stereocenters. The number of carbonyl (C=O) groups excluding carboxylic acids is 1. The molecule has 5 heteroatoms. The van der Waals surface area contributed by atoms with Crippen LogP contribution >= 0.6 is 0 Å². The summed E-state index contributed by atoms with van der Waals surface area (Å²) in [6.45, 7) is 1.79. The molecule has 11 heavy (non-hydrogen) atoms. The van der Waals surface area contributed by atoms with Crippen LogP contribution in [0.2, 0.25) is 0 Å². The van der Waals surface area contributed by atoms with Gasteiger partial charge in [-0.15, -0.1) is 0 Å². The topological polar surface area (TPSA) is 60.4 Å². The van der Waals surface area contributed by atoms with E-state index >= 15 is 0 Å². The summed E-state index contributed by atoms with van der Waals surface area (Å²) < 4.78 is 25.0. The Labute approximate surface area is 66.7 Å². The first-order valence-corrected chi connectivity index (χ1v) is 4.24. The Bertz CT molecular complexity index is 254. The molecule has 0 aromatic carbocycles. The van der Waals surface area contributed by atoms with Crippen LogP contribution in [0.15, 0.2) is 0 Å². The average molecular weight is 178 g/mol. The normalized spacial score (nSPS) is 8.91. The summed E-state index contributed by atoms with van der Waals surface area (Å²) in [5.74, 6) is -0.764. The van der Waals surface area contributed by atoms with E-state index in [-0.39, 0.29) is 11.3 Å². The quantitative estimate of drug-likeness (QED) is 0.451. The molecule has 0 aliphatic carbocycles. The highest BCUT2D eigenvalue weighted by Gasteiger charge is 2.11. The fourth-order valence-corrected chi connectivity index (χ4v) is 1.18. The second kappa shape index (κ2) is 4.90. The molecule has 0 aromatic heterocycles. The van der Waals surface area contributed by atoms with Gasteiger partial charge in [0, 0.05) is 0 Å². The van der Waals surface area contributed by atoms with Crippen LogP contribution in [0.5, 0.6) is 0 Å². The van der Waals surface area contributed by atoms with Crippen LogP contribution in [0.3, 0.4) is 0 Å². The lowest BCUT2D eigenvalue weighted by Gasteiger charge is -1.96. The summed E-state index contributed by atoms with van der Waals surface area (Å²) >= 11 is 0. The van der Waals surface area contributed by atoms with Crippen molar-refractivity contribution < 1.29 is 17.9 Å². The van der Waals surface area contributed by atoms with E-state index in [9.17, 15) is 13.2 Å². The van der Waals surface area contributed by atoms with Gasteiger partial charge in [-0.1, -0.05) is 13.3 Å². The minimum atomic E-state index is -2.44. The van der Waals surface area contributed by atoms with Crippen LogP contribution in [-0.4, -0.2) is 26.4 Å². The van der Waals surface area contributed by atoms with Gasteiger partial charge in [0.2, 0.25) is 10.3 Å². The summed E-state index contributed by atoms with van der Waals surface area (Å²) in [5.41, 5.74) is 0. The lowest BCUT2D eigenvalue weighted by Crippen LogP contribution is -2.16. The zero-order valence-corrected chi connectivity index (χ0v) is 7.27. The number of carbonyl (C=O) groups is 1. The van der Waals surface area contributed by atoms with Gasteiger partial charge >= 0.3 is 5.97 Å². The Morgan fingerprint density at radius 3 is 2.27 bits per heavy atom. The van der Waals surface area contributed by atoms with Crippen LogP contribution < -0.4 is 0 Å². The Morgan fingerprint density at radius 2 is 2.00 bits per heavy atom. The van der Waals surface area contributed by atoms with Crippen molar-refractivity contribution in [3.05, 3.63) is 0 Å². The second-order valence-corrected chi connectivity index (χ2v) is 2.86. The van der Waals surface area contributed by atoms with Gasteiger partial charge in [0.15, 0.2) is 4.86 Å². The molecule has 0 rings (SSSR count). The molecule has 0 aliphatic heterocycles. The first-order chi connectivity index (χ1) is 5.13. The monoisotopic (exact) mass is 178 g/mol. The number of hydrogen-bond acceptors (Lipinski definition) is 4. The first kappa shape index (κ1) is 10.2. The van der Waals surface area contributed by atoms with Crippen molar-refractivity contribution in [2.45, 2.75) is 19.8 Å². The average Bonchev–Trinajstić information content (AvgIpc) is 1.98. The van der Waals surface area contributed by atoms with Gasteiger partial charge in [-0.05, 0) is 6.42 Å². The molecule has 0 aliphatic rings. The molecule has 0 spiro atoms. The molecule has 0 bridgehead atoms. The third-order valence-corrected chi connectivity index (χ3v) is 1.86. The third-order valence-electron chi connectivity index (χ3n) is 1.09. The Hall–Kier alpha value is -0.840. The van der Waals surface area contributed by atoms with Gasteiger partial charge in [0.1, 0.15) is 0 Å². The van der Waals surface area contributed by atoms with Crippen molar-refractivity contribution in [1.29, 1.82) is 0 Å². The minimum Gasteiger partial charge on any atom is -0.465 e. The van der Waals surface area contributed by atoms with Gasteiger partial charge in [-0.2, -0.15) is 8.42 Å². The zero-order chi connectivity index (χ0) is 8.85. The maximum atomic E-state index is 10.7. The van der Waals surface area contributed by atoms with Crippen molar-refractivity contribution in [3.63, 3.8) is 0 Å². The molecule has 0 atom stereocenters. The lowest BCUT2D eigenvalue weighted by molar-refractivity contribution is -0.132. The summed E-state index contributed by atoms with van der Waals surface area (Å²) in [4.78, 5) is 10.5. The Balaban J connectivity index is 4.65. The van der Waals surface area contributed by atoms with Crippen molar-refractivity contribution in [3.8, 4) is 0 Å². The summed E-state index contributed by atoms with van der Waals surface area (Å²) in [6, 6.07) is 0. The molecule has 0 heterocycles. The molecule has 0 N–H and O–H groups in total. The molecule has 4 nitrogen and oxygen atoms in total. The van der Waals surface area contributed by atoms with Gasteiger partial charge in [0.05, 0.1) is 7.11 Å². The summed E-state index contributed by atoms with van der Waals surface area (Å²) in [7, 11) is -1.28. The smallest absolute Gasteiger partial charge is 0.349 e. The highest BCUT2D eigenvalue weighted by Crippen LogP contribution is 1.92. The Kier molecular flexibility index (Phi) is 4.52. The number of ether oxygens (including phenoxy) is 1. The van der Waals surface area contributed by atoms with Crippen LogP contribution in [0.1, 0.15) is 19.8 Å². The van der Waals surface area contributed by atoms with E-state index in [1.807, 2.05) is 0 Å². The maximum Gasteiger partial charge on any atom is 0.349 e. The minimum absolute atomic E-state index is 0.185. The predicted molar refractivity (Wildman–Crippen MR) is 40.9 cm³/mol. The van der Waals surface area contributed by atoms with E-state index < -0.39 is 16.3 Å². The van der Waals surface area contributed by atoms with Gasteiger partial charge in [-0.25, -0.2) is 4.79 Å². The molecular formula is C6H10O4S. The van der Waals surface area contributed by atoms with Gasteiger partial charge in [0.25, 0.3) is 0 Å². The third kappa shape index (κ3) is 3.18.